The molecule has 0 unspecified atom stereocenters. The van der Waals surface area contributed by atoms with Crippen LogP contribution in [0.5, 0.6) is 0 Å². The maximum Gasteiger partial charge on any atom is 0.139 e. The van der Waals surface area contributed by atoms with E-state index in [0.29, 0.717) is 0 Å². The fourth-order valence-electron chi connectivity index (χ4n) is 2.06. The Kier molecular flexibility index (Phi) is 3.17. The molecule has 96 valence electrons. The van der Waals surface area contributed by atoms with E-state index in [-0.39, 0.29) is 0 Å². The van der Waals surface area contributed by atoms with Crippen LogP contribution in [0, 0.1) is 0 Å². The third-order valence-electron chi connectivity index (χ3n) is 3.11. The minimum Gasteiger partial charge on any atom is -0.388 e. The SMILES string of the molecule is CNc1ccn2cc(-c3cccc(SC)c3)nc2c1. The van der Waals surface area contributed by atoms with Crippen molar-refractivity contribution in [3.05, 3.63) is 48.8 Å². The Morgan fingerprint density at radius 3 is 2.89 bits per heavy atom. The minimum absolute atomic E-state index is 0.955. The molecule has 0 aliphatic rings. The highest BCUT2D eigenvalue weighted by molar-refractivity contribution is 7.98. The van der Waals surface area contributed by atoms with Crippen molar-refractivity contribution in [2.24, 2.45) is 0 Å². The molecule has 3 rings (SSSR count). The van der Waals surface area contributed by atoms with Crippen LogP contribution >= 0.6 is 11.8 Å². The predicted octanol–water partition coefficient (Wildman–Crippen LogP) is 3.76. The van der Waals surface area contributed by atoms with Crippen molar-refractivity contribution in [1.82, 2.24) is 9.38 Å². The molecule has 4 heteroatoms. The Bertz CT molecular complexity index is 718. The molecule has 0 bridgehead atoms. The third-order valence-corrected chi connectivity index (χ3v) is 3.84. The second kappa shape index (κ2) is 4.97. The molecule has 0 spiro atoms. The molecule has 0 aliphatic carbocycles. The lowest BCUT2D eigenvalue weighted by molar-refractivity contribution is 1.18. The van der Waals surface area contributed by atoms with Crippen LogP contribution in [0.1, 0.15) is 0 Å². The van der Waals surface area contributed by atoms with Gasteiger partial charge in [0.25, 0.3) is 0 Å². The standard InChI is InChI=1S/C15H15N3S/c1-16-12-6-7-18-10-14(17-15(18)9-12)11-4-3-5-13(8-11)19-2/h3-10,16H,1-2H3. The first-order valence-electron chi connectivity index (χ1n) is 6.11. The molecule has 0 saturated heterocycles. The predicted molar refractivity (Wildman–Crippen MR) is 82.0 cm³/mol. The number of anilines is 1. The van der Waals surface area contributed by atoms with Gasteiger partial charge in [0.2, 0.25) is 0 Å². The van der Waals surface area contributed by atoms with E-state index in [9.17, 15) is 0 Å². The summed E-state index contributed by atoms with van der Waals surface area (Å²) in [4.78, 5) is 5.94. The van der Waals surface area contributed by atoms with Gasteiger partial charge in [-0.25, -0.2) is 4.98 Å². The zero-order chi connectivity index (χ0) is 13.2. The maximum atomic E-state index is 4.68. The number of nitrogens with one attached hydrogen (secondary N) is 1. The topological polar surface area (TPSA) is 29.3 Å². The number of hydrogen-bond donors (Lipinski definition) is 1. The van der Waals surface area contributed by atoms with Crippen LogP contribution < -0.4 is 5.32 Å². The van der Waals surface area contributed by atoms with Crippen LogP contribution in [0.3, 0.4) is 0 Å². The van der Waals surface area contributed by atoms with Crippen molar-refractivity contribution in [1.29, 1.82) is 0 Å². The summed E-state index contributed by atoms with van der Waals surface area (Å²) in [5, 5.41) is 3.13. The van der Waals surface area contributed by atoms with Crippen LogP contribution in [0.15, 0.2) is 53.7 Å². The minimum atomic E-state index is 0.955. The van der Waals surface area contributed by atoms with Crippen molar-refractivity contribution in [2.75, 3.05) is 18.6 Å². The van der Waals surface area contributed by atoms with E-state index in [1.54, 1.807) is 11.8 Å². The van der Waals surface area contributed by atoms with Gasteiger partial charge in [-0.15, -0.1) is 11.8 Å². The third kappa shape index (κ3) is 2.31. The summed E-state index contributed by atoms with van der Waals surface area (Å²) < 4.78 is 2.04. The van der Waals surface area contributed by atoms with Gasteiger partial charge in [-0.05, 0) is 24.5 Å². The molecular weight excluding hydrogens is 254 g/mol. The monoisotopic (exact) mass is 269 g/mol. The number of nitrogens with zero attached hydrogens (tertiary/aromatic N) is 2. The molecule has 0 aliphatic heterocycles. The zero-order valence-electron chi connectivity index (χ0n) is 10.9. The van der Waals surface area contributed by atoms with Gasteiger partial charge in [0.15, 0.2) is 0 Å². The number of fused-ring (bicyclic) bond motifs is 1. The van der Waals surface area contributed by atoms with Gasteiger partial charge in [-0.3, -0.25) is 0 Å². The fourth-order valence-corrected chi connectivity index (χ4v) is 2.52. The molecule has 3 aromatic rings. The van der Waals surface area contributed by atoms with Crippen molar-refractivity contribution >= 4 is 23.1 Å². The van der Waals surface area contributed by atoms with E-state index >= 15 is 0 Å². The number of aromatic nitrogens is 2. The molecule has 0 amide bonds. The van der Waals surface area contributed by atoms with E-state index in [1.807, 2.05) is 29.8 Å². The number of hydrogen-bond acceptors (Lipinski definition) is 3. The lowest BCUT2D eigenvalue weighted by Crippen LogP contribution is -1.89. The van der Waals surface area contributed by atoms with Crippen LogP contribution in [0.2, 0.25) is 0 Å². The molecule has 2 aromatic heterocycles. The van der Waals surface area contributed by atoms with E-state index in [1.165, 1.54) is 4.90 Å². The molecule has 2 heterocycles. The normalized spacial score (nSPS) is 10.8. The van der Waals surface area contributed by atoms with Crippen molar-refractivity contribution in [2.45, 2.75) is 4.90 Å². The van der Waals surface area contributed by atoms with Gasteiger partial charge in [0.1, 0.15) is 5.65 Å². The molecule has 0 fully saturated rings. The largest absolute Gasteiger partial charge is 0.388 e. The van der Waals surface area contributed by atoms with E-state index < -0.39 is 0 Å². The van der Waals surface area contributed by atoms with E-state index in [2.05, 4.69) is 47.0 Å². The van der Waals surface area contributed by atoms with E-state index in [0.717, 1.165) is 22.6 Å². The summed E-state index contributed by atoms with van der Waals surface area (Å²) in [7, 11) is 1.91. The second-order valence-electron chi connectivity index (χ2n) is 4.29. The molecule has 0 radical (unpaired) electrons. The first-order valence-corrected chi connectivity index (χ1v) is 7.33. The molecule has 3 nitrogen and oxygen atoms in total. The number of thioether (sulfide) groups is 1. The first kappa shape index (κ1) is 12.1. The molecule has 1 N–H and O–H groups in total. The number of benzene rings is 1. The Morgan fingerprint density at radius 2 is 2.11 bits per heavy atom. The van der Waals surface area contributed by atoms with Crippen LogP contribution in [-0.2, 0) is 0 Å². The Labute approximate surface area is 116 Å². The summed E-state index contributed by atoms with van der Waals surface area (Å²) in [6.45, 7) is 0. The van der Waals surface area contributed by atoms with Gasteiger partial charge < -0.3 is 9.72 Å². The molecule has 1 aromatic carbocycles. The Balaban J connectivity index is 2.09. The lowest BCUT2D eigenvalue weighted by Gasteiger charge is -1.99. The first-order chi connectivity index (χ1) is 9.30. The summed E-state index contributed by atoms with van der Waals surface area (Å²) in [6, 6.07) is 12.5. The van der Waals surface area contributed by atoms with Crippen LogP contribution in [0.25, 0.3) is 16.9 Å². The average Bonchev–Trinajstić information content (AvgIpc) is 2.90. The van der Waals surface area contributed by atoms with Crippen LogP contribution in [0.4, 0.5) is 5.69 Å². The summed E-state index contributed by atoms with van der Waals surface area (Å²) >= 11 is 1.75. The number of rotatable bonds is 3. The maximum absolute atomic E-state index is 4.68. The Hall–Kier alpha value is -1.94. The number of imidazole rings is 1. The van der Waals surface area contributed by atoms with Gasteiger partial charge in [0.05, 0.1) is 5.69 Å². The van der Waals surface area contributed by atoms with Crippen molar-refractivity contribution in [3.8, 4) is 11.3 Å². The highest BCUT2D eigenvalue weighted by atomic mass is 32.2. The molecule has 0 saturated carbocycles. The van der Waals surface area contributed by atoms with Crippen molar-refractivity contribution in [3.63, 3.8) is 0 Å². The Morgan fingerprint density at radius 1 is 1.21 bits per heavy atom. The fraction of sp³-hybridized carbons (Fsp3) is 0.133. The van der Waals surface area contributed by atoms with Gasteiger partial charge in [-0.2, -0.15) is 0 Å². The smallest absolute Gasteiger partial charge is 0.139 e. The van der Waals surface area contributed by atoms with Crippen molar-refractivity contribution < 1.29 is 0 Å². The average molecular weight is 269 g/mol. The van der Waals surface area contributed by atoms with Gasteiger partial charge >= 0.3 is 0 Å². The summed E-state index contributed by atoms with van der Waals surface area (Å²) in [5.74, 6) is 0. The van der Waals surface area contributed by atoms with Gasteiger partial charge in [-0.1, -0.05) is 12.1 Å². The zero-order valence-corrected chi connectivity index (χ0v) is 11.7. The quantitative estimate of drug-likeness (QED) is 0.734. The summed E-state index contributed by atoms with van der Waals surface area (Å²) in [6.07, 6.45) is 6.17. The van der Waals surface area contributed by atoms with Crippen LogP contribution in [-0.4, -0.2) is 22.7 Å². The van der Waals surface area contributed by atoms with Gasteiger partial charge in [0, 0.05) is 41.7 Å². The highest BCUT2D eigenvalue weighted by Gasteiger charge is 2.05. The molecule has 0 atom stereocenters. The number of pyridine rings is 1. The van der Waals surface area contributed by atoms with E-state index in [4.69, 9.17) is 0 Å². The highest BCUT2D eigenvalue weighted by Crippen LogP contribution is 2.24. The summed E-state index contributed by atoms with van der Waals surface area (Å²) in [5.41, 5.74) is 4.18. The molecular formula is C15H15N3S. The molecule has 19 heavy (non-hydrogen) atoms. The second-order valence-corrected chi connectivity index (χ2v) is 5.17. The lowest BCUT2D eigenvalue weighted by atomic mass is 10.2.